The standard InChI is InChI=1S/C24H29N5O2S/c1-16(30)26-18-10-12-29(15-18)23-14-20(9-11-25-23)31-19-7-8-21-22(13-19)32-24(28-21)27-17-5-3-2-4-6-17/h7-9,11,13-14,17-18H,2-6,10,12,15H2,1H3,(H,26,30)(H,27,28). The molecule has 2 fully saturated rings. The molecule has 2 aromatic heterocycles. The molecule has 7 nitrogen and oxygen atoms in total. The number of hydrogen-bond donors (Lipinski definition) is 2. The molecule has 1 amide bonds. The number of rotatable bonds is 6. The van der Waals surface area contributed by atoms with Gasteiger partial charge in [0.2, 0.25) is 5.91 Å². The van der Waals surface area contributed by atoms with Crippen molar-refractivity contribution < 1.29 is 9.53 Å². The fourth-order valence-corrected chi connectivity index (χ4v) is 5.57. The molecule has 0 bridgehead atoms. The van der Waals surface area contributed by atoms with Gasteiger partial charge < -0.3 is 20.3 Å². The molecule has 0 radical (unpaired) electrons. The van der Waals surface area contributed by atoms with Crippen molar-refractivity contribution in [1.29, 1.82) is 0 Å². The van der Waals surface area contributed by atoms with Crippen LogP contribution in [0.25, 0.3) is 10.2 Å². The number of anilines is 2. The van der Waals surface area contributed by atoms with Gasteiger partial charge in [0.25, 0.3) is 0 Å². The fraction of sp³-hybridized carbons (Fsp3) is 0.458. The maximum atomic E-state index is 11.3. The lowest BCUT2D eigenvalue weighted by molar-refractivity contribution is -0.119. The molecular weight excluding hydrogens is 422 g/mol. The molecule has 1 unspecified atom stereocenters. The second-order valence-electron chi connectivity index (χ2n) is 8.71. The third-order valence-corrected chi connectivity index (χ3v) is 7.11. The van der Waals surface area contributed by atoms with Gasteiger partial charge in [-0.25, -0.2) is 9.97 Å². The van der Waals surface area contributed by atoms with Gasteiger partial charge in [-0.2, -0.15) is 0 Å². The first-order valence-corrected chi connectivity index (χ1v) is 12.3. The summed E-state index contributed by atoms with van der Waals surface area (Å²) in [6.45, 7) is 3.19. The molecule has 3 heterocycles. The number of amides is 1. The predicted molar refractivity (Wildman–Crippen MR) is 129 cm³/mol. The summed E-state index contributed by atoms with van der Waals surface area (Å²) in [5, 5.41) is 7.61. The van der Waals surface area contributed by atoms with E-state index in [0.717, 1.165) is 52.2 Å². The molecule has 8 heteroatoms. The number of nitrogens with zero attached hydrogens (tertiary/aromatic N) is 3. The molecule has 168 valence electrons. The van der Waals surface area contributed by atoms with Gasteiger partial charge in [-0.05, 0) is 37.5 Å². The van der Waals surface area contributed by atoms with E-state index in [1.165, 1.54) is 32.1 Å². The first-order valence-electron chi connectivity index (χ1n) is 11.5. The van der Waals surface area contributed by atoms with Gasteiger partial charge in [-0.3, -0.25) is 4.79 Å². The van der Waals surface area contributed by atoms with Crippen molar-refractivity contribution >= 4 is 38.4 Å². The van der Waals surface area contributed by atoms with E-state index >= 15 is 0 Å². The zero-order chi connectivity index (χ0) is 21.9. The zero-order valence-electron chi connectivity index (χ0n) is 18.3. The molecule has 3 aromatic rings. The van der Waals surface area contributed by atoms with E-state index in [2.05, 4.69) is 26.6 Å². The van der Waals surface area contributed by atoms with Crippen LogP contribution in [0.3, 0.4) is 0 Å². The van der Waals surface area contributed by atoms with Gasteiger partial charge in [-0.1, -0.05) is 30.6 Å². The summed E-state index contributed by atoms with van der Waals surface area (Å²) in [4.78, 5) is 22.8. The molecule has 0 spiro atoms. The third kappa shape index (κ3) is 4.96. The monoisotopic (exact) mass is 451 g/mol. The van der Waals surface area contributed by atoms with Crippen LogP contribution < -0.4 is 20.3 Å². The van der Waals surface area contributed by atoms with Crippen LogP contribution in [0.4, 0.5) is 10.9 Å². The van der Waals surface area contributed by atoms with Crippen LogP contribution in [0.15, 0.2) is 36.5 Å². The molecule has 1 aliphatic heterocycles. The summed E-state index contributed by atoms with van der Waals surface area (Å²) in [5.41, 5.74) is 0.997. The summed E-state index contributed by atoms with van der Waals surface area (Å²) in [6.07, 6.45) is 9.12. The Hall–Kier alpha value is -2.87. The molecular formula is C24H29N5O2S. The number of fused-ring (bicyclic) bond motifs is 1. The second-order valence-corrected chi connectivity index (χ2v) is 9.74. The summed E-state index contributed by atoms with van der Waals surface area (Å²) in [6, 6.07) is 10.6. The van der Waals surface area contributed by atoms with Crippen molar-refractivity contribution in [1.82, 2.24) is 15.3 Å². The largest absolute Gasteiger partial charge is 0.457 e. The van der Waals surface area contributed by atoms with E-state index in [1.807, 2.05) is 24.3 Å². The number of carbonyl (C=O) groups is 1. The minimum atomic E-state index is 0.0115. The first-order chi connectivity index (χ1) is 15.6. The van der Waals surface area contributed by atoms with Gasteiger partial charge in [-0.15, -0.1) is 0 Å². The molecule has 1 saturated carbocycles. The third-order valence-electron chi connectivity index (χ3n) is 6.16. The average Bonchev–Trinajstić information content (AvgIpc) is 3.40. The van der Waals surface area contributed by atoms with Gasteiger partial charge in [0, 0.05) is 50.4 Å². The fourth-order valence-electron chi connectivity index (χ4n) is 4.60. The summed E-state index contributed by atoms with van der Waals surface area (Å²) >= 11 is 1.69. The highest BCUT2D eigenvalue weighted by Crippen LogP contribution is 2.33. The zero-order valence-corrected chi connectivity index (χ0v) is 19.2. The maximum absolute atomic E-state index is 11.3. The Labute approximate surface area is 192 Å². The summed E-state index contributed by atoms with van der Waals surface area (Å²) in [7, 11) is 0. The molecule has 2 N–H and O–H groups in total. The van der Waals surface area contributed by atoms with Gasteiger partial charge in [0.15, 0.2) is 5.13 Å². The van der Waals surface area contributed by atoms with Crippen LogP contribution >= 0.6 is 11.3 Å². The van der Waals surface area contributed by atoms with E-state index in [1.54, 1.807) is 24.5 Å². The molecule has 1 aromatic carbocycles. The lowest BCUT2D eigenvalue weighted by Gasteiger charge is -2.22. The van der Waals surface area contributed by atoms with Gasteiger partial charge in [0.05, 0.1) is 10.2 Å². The Morgan fingerprint density at radius 3 is 2.78 bits per heavy atom. The smallest absolute Gasteiger partial charge is 0.217 e. The number of pyridine rings is 1. The van der Waals surface area contributed by atoms with Crippen molar-refractivity contribution in [3.8, 4) is 11.5 Å². The molecule has 2 aliphatic rings. The highest BCUT2D eigenvalue weighted by Gasteiger charge is 2.24. The SMILES string of the molecule is CC(=O)NC1CCN(c2cc(Oc3ccc4nc(NC5CCCCC5)sc4c3)ccn2)C1. The quantitative estimate of drug-likeness (QED) is 0.552. The highest BCUT2D eigenvalue weighted by molar-refractivity contribution is 7.22. The van der Waals surface area contributed by atoms with Crippen molar-refractivity contribution in [3.63, 3.8) is 0 Å². The first kappa shape index (κ1) is 21.0. The minimum Gasteiger partial charge on any atom is -0.457 e. The van der Waals surface area contributed by atoms with Crippen LogP contribution in [0.2, 0.25) is 0 Å². The van der Waals surface area contributed by atoms with Gasteiger partial charge >= 0.3 is 0 Å². The van der Waals surface area contributed by atoms with E-state index in [-0.39, 0.29) is 11.9 Å². The Kier molecular flexibility index (Phi) is 6.12. The van der Waals surface area contributed by atoms with Crippen molar-refractivity contribution in [3.05, 3.63) is 36.5 Å². The molecule has 1 atom stereocenters. The van der Waals surface area contributed by atoms with Crippen LogP contribution in [0.5, 0.6) is 11.5 Å². The number of ether oxygens (including phenoxy) is 1. The average molecular weight is 452 g/mol. The minimum absolute atomic E-state index is 0.0115. The van der Waals surface area contributed by atoms with E-state index in [0.29, 0.717) is 6.04 Å². The molecule has 5 rings (SSSR count). The maximum Gasteiger partial charge on any atom is 0.217 e. The topological polar surface area (TPSA) is 79.4 Å². The summed E-state index contributed by atoms with van der Waals surface area (Å²) < 4.78 is 7.28. The Morgan fingerprint density at radius 1 is 1.09 bits per heavy atom. The number of carbonyl (C=O) groups excluding carboxylic acids is 1. The Morgan fingerprint density at radius 2 is 1.94 bits per heavy atom. The van der Waals surface area contributed by atoms with E-state index in [4.69, 9.17) is 9.72 Å². The number of thiazole rings is 1. The summed E-state index contributed by atoms with van der Waals surface area (Å²) in [5.74, 6) is 2.42. The number of benzene rings is 1. The van der Waals surface area contributed by atoms with Crippen LogP contribution in [-0.2, 0) is 4.79 Å². The number of aromatic nitrogens is 2. The lowest BCUT2D eigenvalue weighted by atomic mass is 9.96. The van der Waals surface area contributed by atoms with Crippen LogP contribution in [0, 0.1) is 0 Å². The Bertz CT molecular complexity index is 1090. The lowest BCUT2D eigenvalue weighted by Crippen LogP contribution is -2.35. The van der Waals surface area contributed by atoms with Crippen LogP contribution in [-0.4, -0.2) is 41.0 Å². The normalized spacial score (nSPS) is 19.3. The van der Waals surface area contributed by atoms with Crippen molar-refractivity contribution in [2.24, 2.45) is 0 Å². The number of hydrogen-bond acceptors (Lipinski definition) is 7. The van der Waals surface area contributed by atoms with Crippen molar-refractivity contribution in [2.45, 2.75) is 57.5 Å². The molecule has 1 aliphatic carbocycles. The van der Waals surface area contributed by atoms with E-state index in [9.17, 15) is 4.79 Å². The van der Waals surface area contributed by atoms with Crippen molar-refractivity contribution in [2.75, 3.05) is 23.3 Å². The van der Waals surface area contributed by atoms with E-state index < -0.39 is 0 Å². The molecule has 32 heavy (non-hydrogen) atoms. The number of nitrogens with one attached hydrogen (secondary N) is 2. The Balaban J connectivity index is 1.26. The highest BCUT2D eigenvalue weighted by atomic mass is 32.1. The second kappa shape index (κ2) is 9.32. The molecule has 1 saturated heterocycles. The predicted octanol–water partition coefficient (Wildman–Crippen LogP) is 4.94. The van der Waals surface area contributed by atoms with Gasteiger partial charge in [0.1, 0.15) is 17.3 Å². The van der Waals surface area contributed by atoms with Crippen LogP contribution in [0.1, 0.15) is 45.4 Å².